The Labute approximate surface area is 172 Å². The van der Waals surface area contributed by atoms with Gasteiger partial charge in [0, 0.05) is 25.5 Å². The summed E-state index contributed by atoms with van der Waals surface area (Å²) >= 11 is 0. The fourth-order valence-corrected chi connectivity index (χ4v) is 4.70. The summed E-state index contributed by atoms with van der Waals surface area (Å²) in [6.45, 7) is 6.69. The number of ether oxygens (including phenoxy) is 1. The van der Waals surface area contributed by atoms with Crippen LogP contribution in [-0.4, -0.2) is 14.1 Å². The maximum atomic E-state index is 6.72. The lowest BCUT2D eigenvalue weighted by atomic mass is 9.89. The molecule has 0 atom stereocenters. The van der Waals surface area contributed by atoms with Crippen LogP contribution < -0.4 is 14.2 Å². The summed E-state index contributed by atoms with van der Waals surface area (Å²) < 4.78 is 8.96. The first-order chi connectivity index (χ1) is 13.9. The second-order valence-corrected chi connectivity index (χ2v) is 8.63. The van der Waals surface area contributed by atoms with Crippen molar-refractivity contribution in [3.63, 3.8) is 0 Å². The maximum Gasteiger partial charge on any atom is 0.228 e. The van der Waals surface area contributed by atoms with E-state index in [1.807, 2.05) is 0 Å². The molecule has 2 heterocycles. The van der Waals surface area contributed by atoms with Crippen molar-refractivity contribution in [1.29, 1.82) is 0 Å². The molecule has 1 aromatic heterocycles. The molecule has 0 fully saturated rings. The number of fused-ring (bicyclic) bond motifs is 3. The Balaban J connectivity index is 2.00. The molecule has 146 valence electrons. The number of hydrogen-bond acceptors (Lipinski definition) is 2. The summed E-state index contributed by atoms with van der Waals surface area (Å²) in [5, 5.41) is 4.95. The maximum absolute atomic E-state index is 6.72. The van der Waals surface area contributed by atoms with Crippen molar-refractivity contribution in [2.45, 2.75) is 26.7 Å². The number of pyridine rings is 1. The molecule has 1 aliphatic heterocycles. The molecule has 0 saturated carbocycles. The van der Waals surface area contributed by atoms with E-state index >= 15 is 0 Å². The minimum Gasteiger partial charge on any atom is -0.453 e. The van der Waals surface area contributed by atoms with Crippen molar-refractivity contribution in [2.24, 2.45) is 7.05 Å². The minimum atomic E-state index is 0.449. The molecule has 0 bridgehead atoms. The third-order valence-corrected chi connectivity index (χ3v) is 6.19. The summed E-state index contributed by atoms with van der Waals surface area (Å²) in [4.78, 5) is 2.18. The lowest BCUT2D eigenvalue weighted by Gasteiger charge is -2.28. The number of rotatable bonds is 2. The van der Waals surface area contributed by atoms with Crippen molar-refractivity contribution in [3.8, 4) is 22.8 Å². The summed E-state index contributed by atoms with van der Waals surface area (Å²) in [5.74, 6) is 2.37. The van der Waals surface area contributed by atoms with Gasteiger partial charge in [-0.3, -0.25) is 0 Å². The number of aromatic nitrogens is 1. The highest BCUT2D eigenvalue weighted by Crippen LogP contribution is 2.53. The summed E-state index contributed by atoms with van der Waals surface area (Å²) in [5.41, 5.74) is 6.15. The smallest absolute Gasteiger partial charge is 0.228 e. The zero-order valence-corrected chi connectivity index (χ0v) is 18.0. The predicted molar refractivity (Wildman–Crippen MR) is 121 cm³/mol. The first kappa shape index (κ1) is 18.0. The van der Waals surface area contributed by atoms with Gasteiger partial charge in [0.1, 0.15) is 12.8 Å². The van der Waals surface area contributed by atoms with Crippen LogP contribution in [0.15, 0.2) is 48.7 Å². The molecule has 0 amide bonds. The van der Waals surface area contributed by atoms with Crippen molar-refractivity contribution in [3.05, 3.63) is 59.8 Å². The van der Waals surface area contributed by atoms with Crippen LogP contribution in [0.4, 0.5) is 5.69 Å². The molecular weight excluding hydrogens is 356 g/mol. The molecule has 3 nitrogen and oxygen atoms in total. The average molecular weight is 384 g/mol. The predicted octanol–water partition coefficient (Wildman–Crippen LogP) is 6.09. The zero-order chi connectivity index (χ0) is 20.4. The van der Waals surface area contributed by atoms with Gasteiger partial charge in [-0.05, 0) is 40.8 Å². The molecular formula is C26H27N2O+. The van der Waals surface area contributed by atoms with Gasteiger partial charge >= 0.3 is 0 Å². The van der Waals surface area contributed by atoms with Gasteiger partial charge in [-0.25, -0.2) is 4.57 Å². The largest absolute Gasteiger partial charge is 0.453 e. The molecule has 4 aromatic rings. The fraction of sp³-hybridized carbons (Fsp3) is 0.269. The van der Waals surface area contributed by atoms with Gasteiger partial charge in [0.2, 0.25) is 5.69 Å². The number of hydrogen-bond donors (Lipinski definition) is 0. The second kappa shape index (κ2) is 6.21. The van der Waals surface area contributed by atoms with Crippen molar-refractivity contribution < 1.29 is 9.30 Å². The van der Waals surface area contributed by atoms with Crippen LogP contribution in [0.3, 0.4) is 0 Å². The first-order valence-corrected chi connectivity index (χ1v) is 10.3. The van der Waals surface area contributed by atoms with Gasteiger partial charge in [0.05, 0.1) is 16.6 Å². The Morgan fingerprint density at radius 2 is 1.72 bits per heavy atom. The molecule has 0 saturated heterocycles. The third-order valence-electron chi connectivity index (χ3n) is 6.19. The molecule has 0 aliphatic carbocycles. The molecule has 0 radical (unpaired) electrons. The Hall–Kier alpha value is -3.07. The van der Waals surface area contributed by atoms with Crippen LogP contribution in [-0.2, 0) is 7.05 Å². The van der Waals surface area contributed by atoms with Gasteiger partial charge < -0.3 is 9.64 Å². The molecule has 0 spiro atoms. The number of benzene rings is 3. The van der Waals surface area contributed by atoms with E-state index in [1.54, 1.807) is 0 Å². The zero-order valence-electron chi connectivity index (χ0n) is 18.0. The van der Waals surface area contributed by atoms with E-state index in [2.05, 4.69) is 100 Å². The molecule has 0 unspecified atom stereocenters. The Morgan fingerprint density at radius 1 is 1.00 bits per heavy atom. The summed E-state index contributed by atoms with van der Waals surface area (Å²) in [6.07, 6.45) is 2.17. The minimum absolute atomic E-state index is 0.449. The number of anilines is 1. The number of aryl methyl sites for hydroxylation is 2. The summed E-state index contributed by atoms with van der Waals surface area (Å²) in [7, 11) is 6.33. The standard InChI is InChI=1S/C26H27N2O/c1-15(2)18-13-17-11-12-28(6)25-22-16(3)19-9-7-8-10-20(19)24(27(4)5)26(22)29-21(14-18)23(17)25/h7-15H,1-6H3/q+1. The Bertz CT molecular complexity index is 1300. The summed E-state index contributed by atoms with van der Waals surface area (Å²) in [6, 6.07) is 15.4. The van der Waals surface area contributed by atoms with Gasteiger partial charge in [0.15, 0.2) is 11.9 Å². The molecule has 3 heteroatoms. The van der Waals surface area contributed by atoms with Gasteiger partial charge in [-0.1, -0.05) is 44.2 Å². The van der Waals surface area contributed by atoms with Crippen LogP contribution >= 0.6 is 0 Å². The normalized spacial score (nSPS) is 12.4. The fourth-order valence-electron chi connectivity index (χ4n) is 4.70. The van der Waals surface area contributed by atoms with Crippen LogP contribution in [0.5, 0.6) is 11.5 Å². The van der Waals surface area contributed by atoms with Crippen LogP contribution in [0.25, 0.3) is 32.8 Å². The second-order valence-electron chi connectivity index (χ2n) is 8.63. The molecule has 1 aliphatic rings. The van der Waals surface area contributed by atoms with E-state index in [1.165, 1.54) is 43.9 Å². The highest BCUT2D eigenvalue weighted by molar-refractivity contribution is 6.10. The molecule has 0 N–H and O–H groups in total. The van der Waals surface area contributed by atoms with Gasteiger partial charge in [-0.15, -0.1) is 0 Å². The Kier molecular flexibility index (Phi) is 3.86. The quantitative estimate of drug-likeness (QED) is 0.343. The highest BCUT2D eigenvalue weighted by atomic mass is 16.5. The van der Waals surface area contributed by atoms with E-state index in [0.717, 1.165) is 17.2 Å². The van der Waals surface area contributed by atoms with Crippen molar-refractivity contribution in [1.82, 2.24) is 0 Å². The monoisotopic (exact) mass is 383 g/mol. The van der Waals surface area contributed by atoms with Crippen LogP contribution in [0.1, 0.15) is 30.9 Å². The van der Waals surface area contributed by atoms with Crippen molar-refractivity contribution >= 4 is 27.2 Å². The lowest BCUT2D eigenvalue weighted by molar-refractivity contribution is -0.659. The Morgan fingerprint density at radius 3 is 2.41 bits per heavy atom. The van der Waals surface area contributed by atoms with Gasteiger partial charge in [0.25, 0.3) is 0 Å². The average Bonchev–Trinajstić information content (AvgIpc) is 2.69. The molecule has 5 rings (SSSR count). The molecule has 29 heavy (non-hydrogen) atoms. The van der Waals surface area contributed by atoms with Gasteiger partial charge in [-0.2, -0.15) is 0 Å². The van der Waals surface area contributed by atoms with E-state index in [9.17, 15) is 0 Å². The SMILES string of the molecule is Cc1c2c(c(N(C)C)c3ccccc13)Oc1cc(C(C)C)cc3cc[n+](C)c-2c13. The van der Waals surface area contributed by atoms with E-state index in [4.69, 9.17) is 4.74 Å². The van der Waals surface area contributed by atoms with E-state index < -0.39 is 0 Å². The molecule has 3 aromatic carbocycles. The highest BCUT2D eigenvalue weighted by Gasteiger charge is 2.33. The number of nitrogens with zero attached hydrogens (tertiary/aromatic N) is 2. The van der Waals surface area contributed by atoms with Crippen LogP contribution in [0, 0.1) is 6.92 Å². The topological polar surface area (TPSA) is 16.4 Å². The van der Waals surface area contributed by atoms with E-state index in [-0.39, 0.29) is 0 Å². The van der Waals surface area contributed by atoms with Crippen LogP contribution in [0.2, 0.25) is 0 Å². The lowest BCUT2D eigenvalue weighted by Crippen LogP contribution is -2.32. The first-order valence-electron chi connectivity index (χ1n) is 10.3. The van der Waals surface area contributed by atoms with Crippen molar-refractivity contribution in [2.75, 3.05) is 19.0 Å². The van der Waals surface area contributed by atoms with E-state index in [0.29, 0.717) is 5.92 Å². The third kappa shape index (κ3) is 2.46.